The normalized spacial score (nSPS) is 14.7. The summed E-state index contributed by atoms with van der Waals surface area (Å²) in [6.07, 6.45) is 38.6. The lowest BCUT2D eigenvalue weighted by Gasteiger charge is -2.27. The van der Waals surface area contributed by atoms with Crippen LogP contribution >= 0.6 is 0 Å². The van der Waals surface area contributed by atoms with Gasteiger partial charge in [-0.15, -0.1) is 0 Å². The molecule has 6 heteroatoms. The van der Waals surface area contributed by atoms with E-state index in [9.17, 15) is 9.59 Å². The van der Waals surface area contributed by atoms with E-state index in [1.165, 1.54) is 128 Å². The lowest BCUT2D eigenvalue weighted by molar-refractivity contribution is -0.137. The number of nitrogens with one attached hydrogen (secondary N) is 2. The first-order chi connectivity index (χ1) is 22.7. The number of amides is 1. The van der Waals surface area contributed by atoms with Gasteiger partial charge in [0.15, 0.2) is 0 Å². The Balaban J connectivity index is 2.18. The molecule has 1 aliphatic rings. The predicted octanol–water partition coefficient (Wildman–Crippen LogP) is 9.82. The number of allylic oxidation sites excluding steroid dienone is 3. The number of hydrogen-bond acceptors (Lipinski definition) is 5. The third kappa shape index (κ3) is 27.5. The van der Waals surface area contributed by atoms with Crippen LogP contribution in [0.2, 0.25) is 0 Å². The first kappa shape index (κ1) is 42.4. The summed E-state index contributed by atoms with van der Waals surface area (Å²) >= 11 is 0. The number of ether oxygens (including phenoxy) is 1. The number of nitrogens with zero attached hydrogens (tertiary/aromatic N) is 1. The molecule has 0 bridgehead atoms. The number of hydrogen-bond donors (Lipinski definition) is 2. The lowest BCUT2D eigenvalue weighted by atomic mass is 10.1. The third-order valence-electron chi connectivity index (χ3n) is 9.18. The standard InChI is InChI=1S/C40H75N3O3/c1-3-5-7-9-11-12-13-14-15-16-17-18-19-21-23-26-32-42-40(45)38(41-33-36-43-34-27-24-28-35-43)30-29-37-46-39(44)31-25-22-20-10-8-6-4-2/h14-15,25,31,38,41H,3-13,16-24,26-30,32-37H2,1-2H3,(H,42,45)/b15-14-,31-25-. The van der Waals surface area contributed by atoms with Crippen molar-refractivity contribution >= 4 is 11.9 Å². The molecule has 0 aliphatic carbocycles. The van der Waals surface area contributed by atoms with Crippen molar-refractivity contribution in [2.75, 3.05) is 39.3 Å². The minimum atomic E-state index is -0.271. The van der Waals surface area contributed by atoms with Gasteiger partial charge in [-0.05, 0) is 83.7 Å². The minimum Gasteiger partial charge on any atom is -0.463 e. The molecule has 0 saturated carbocycles. The van der Waals surface area contributed by atoms with E-state index >= 15 is 0 Å². The van der Waals surface area contributed by atoms with Crippen LogP contribution in [0.4, 0.5) is 0 Å². The summed E-state index contributed by atoms with van der Waals surface area (Å²) < 4.78 is 5.42. The van der Waals surface area contributed by atoms with Crippen LogP contribution < -0.4 is 10.6 Å². The average molecular weight is 646 g/mol. The Labute approximate surface area is 285 Å². The van der Waals surface area contributed by atoms with Crippen LogP contribution in [0.3, 0.4) is 0 Å². The maximum Gasteiger partial charge on any atom is 0.330 e. The van der Waals surface area contributed by atoms with Gasteiger partial charge in [-0.25, -0.2) is 4.79 Å². The average Bonchev–Trinajstić information content (AvgIpc) is 3.07. The Morgan fingerprint density at radius 3 is 1.80 bits per heavy atom. The summed E-state index contributed by atoms with van der Waals surface area (Å²) in [4.78, 5) is 27.6. The van der Waals surface area contributed by atoms with Crippen LogP contribution in [0.25, 0.3) is 0 Å². The van der Waals surface area contributed by atoms with Gasteiger partial charge in [-0.3, -0.25) is 4.79 Å². The first-order valence-electron chi connectivity index (χ1n) is 19.9. The molecule has 46 heavy (non-hydrogen) atoms. The fourth-order valence-electron chi connectivity index (χ4n) is 6.17. The Morgan fingerprint density at radius 2 is 1.20 bits per heavy atom. The molecular formula is C40H75N3O3. The van der Waals surface area contributed by atoms with Crippen molar-refractivity contribution in [2.24, 2.45) is 0 Å². The zero-order valence-corrected chi connectivity index (χ0v) is 30.5. The number of likely N-dealkylation sites (tertiary alicyclic amines) is 1. The zero-order valence-electron chi connectivity index (χ0n) is 30.5. The molecular weight excluding hydrogens is 570 g/mol. The summed E-state index contributed by atoms with van der Waals surface area (Å²) in [5.74, 6) is -0.187. The smallest absolute Gasteiger partial charge is 0.330 e. The molecule has 0 radical (unpaired) electrons. The van der Waals surface area contributed by atoms with Crippen molar-refractivity contribution in [3.63, 3.8) is 0 Å². The Kier molecular flexibility index (Phi) is 30.6. The molecule has 0 aromatic heterocycles. The molecule has 1 fully saturated rings. The van der Waals surface area contributed by atoms with E-state index in [4.69, 9.17) is 4.74 Å². The van der Waals surface area contributed by atoms with Gasteiger partial charge < -0.3 is 20.3 Å². The second-order valence-corrected chi connectivity index (χ2v) is 13.6. The quantitative estimate of drug-likeness (QED) is 0.0330. The van der Waals surface area contributed by atoms with E-state index in [1.54, 1.807) is 6.08 Å². The van der Waals surface area contributed by atoms with Gasteiger partial charge in [0.1, 0.15) is 0 Å². The Morgan fingerprint density at radius 1 is 0.652 bits per heavy atom. The van der Waals surface area contributed by atoms with Gasteiger partial charge in [0.25, 0.3) is 0 Å². The van der Waals surface area contributed by atoms with Gasteiger partial charge in [-0.1, -0.05) is 122 Å². The van der Waals surface area contributed by atoms with Gasteiger partial charge in [0, 0.05) is 25.7 Å². The molecule has 6 nitrogen and oxygen atoms in total. The zero-order chi connectivity index (χ0) is 33.2. The number of esters is 1. The molecule has 1 saturated heterocycles. The highest BCUT2D eigenvalue weighted by atomic mass is 16.5. The van der Waals surface area contributed by atoms with Gasteiger partial charge in [0.2, 0.25) is 5.91 Å². The number of piperidine rings is 1. The highest BCUT2D eigenvalue weighted by molar-refractivity contribution is 5.82. The van der Waals surface area contributed by atoms with Crippen LogP contribution in [0.15, 0.2) is 24.3 Å². The molecule has 0 aromatic carbocycles. The summed E-state index contributed by atoms with van der Waals surface area (Å²) in [7, 11) is 0. The minimum absolute atomic E-state index is 0.0840. The molecule has 1 unspecified atom stereocenters. The van der Waals surface area contributed by atoms with Crippen molar-refractivity contribution in [3.05, 3.63) is 24.3 Å². The van der Waals surface area contributed by atoms with Crippen molar-refractivity contribution in [2.45, 2.75) is 180 Å². The Hall–Kier alpha value is -1.66. The Bertz CT molecular complexity index is 748. The monoisotopic (exact) mass is 646 g/mol. The number of rotatable bonds is 32. The van der Waals surface area contributed by atoms with E-state index in [2.05, 4.69) is 41.5 Å². The number of unbranched alkanes of at least 4 members (excludes halogenated alkanes) is 17. The van der Waals surface area contributed by atoms with Crippen LogP contribution in [-0.4, -0.2) is 62.1 Å². The molecule has 0 spiro atoms. The fourth-order valence-corrected chi connectivity index (χ4v) is 6.17. The van der Waals surface area contributed by atoms with Crippen molar-refractivity contribution in [1.29, 1.82) is 0 Å². The van der Waals surface area contributed by atoms with Crippen molar-refractivity contribution in [1.82, 2.24) is 15.5 Å². The largest absolute Gasteiger partial charge is 0.463 e. The second-order valence-electron chi connectivity index (χ2n) is 13.6. The third-order valence-corrected chi connectivity index (χ3v) is 9.18. The first-order valence-corrected chi connectivity index (χ1v) is 19.9. The lowest BCUT2D eigenvalue weighted by Crippen LogP contribution is -2.47. The SMILES string of the molecule is CCCCCCC/C=C\C(=O)OCCCC(NCCN1CCCCC1)C(=O)NCCCCCCCC/C=C\CCCCCCCC. The van der Waals surface area contributed by atoms with E-state index in [1.807, 2.05) is 6.08 Å². The fraction of sp³-hybridized carbons (Fsp3) is 0.850. The van der Waals surface area contributed by atoms with Crippen molar-refractivity contribution in [3.8, 4) is 0 Å². The molecule has 1 atom stereocenters. The van der Waals surface area contributed by atoms with Gasteiger partial charge in [-0.2, -0.15) is 0 Å². The molecule has 2 N–H and O–H groups in total. The van der Waals surface area contributed by atoms with Crippen LogP contribution in [0, 0.1) is 0 Å². The summed E-state index contributed by atoms with van der Waals surface area (Å²) in [5.41, 5.74) is 0. The van der Waals surface area contributed by atoms with Crippen LogP contribution in [-0.2, 0) is 14.3 Å². The predicted molar refractivity (Wildman–Crippen MR) is 197 cm³/mol. The van der Waals surface area contributed by atoms with Gasteiger partial charge >= 0.3 is 5.97 Å². The van der Waals surface area contributed by atoms with Crippen molar-refractivity contribution < 1.29 is 14.3 Å². The maximum absolute atomic E-state index is 13.1. The highest BCUT2D eigenvalue weighted by Gasteiger charge is 2.18. The number of carbonyl (C=O) groups is 2. The summed E-state index contributed by atoms with van der Waals surface area (Å²) in [6, 6.07) is -0.240. The van der Waals surface area contributed by atoms with E-state index < -0.39 is 0 Å². The van der Waals surface area contributed by atoms with E-state index in [-0.39, 0.29) is 17.9 Å². The molecule has 1 amide bonds. The van der Waals surface area contributed by atoms with Crippen LogP contribution in [0.5, 0.6) is 0 Å². The number of carbonyl (C=O) groups excluding carboxylic acids is 2. The van der Waals surface area contributed by atoms with E-state index in [0.29, 0.717) is 19.4 Å². The maximum atomic E-state index is 13.1. The molecule has 0 aromatic rings. The highest BCUT2D eigenvalue weighted by Crippen LogP contribution is 2.11. The summed E-state index contributed by atoms with van der Waals surface area (Å²) in [5, 5.41) is 6.69. The topological polar surface area (TPSA) is 70.7 Å². The van der Waals surface area contributed by atoms with Gasteiger partial charge in [0.05, 0.1) is 12.6 Å². The van der Waals surface area contributed by atoms with Crippen LogP contribution in [0.1, 0.15) is 174 Å². The second kappa shape index (κ2) is 33.2. The molecule has 268 valence electrons. The molecule has 1 aliphatic heterocycles. The van der Waals surface area contributed by atoms with E-state index in [0.717, 1.165) is 52.0 Å². The molecule has 1 heterocycles. The summed E-state index contributed by atoms with van der Waals surface area (Å²) in [6.45, 7) is 9.71. The molecule has 1 rings (SSSR count).